The molecule has 1 saturated heterocycles. The minimum absolute atomic E-state index is 0.461. The predicted octanol–water partition coefficient (Wildman–Crippen LogP) is 2.43. The van der Waals surface area contributed by atoms with Crippen LogP contribution in [0.3, 0.4) is 0 Å². The van der Waals surface area contributed by atoms with Gasteiger partial charge in [0.1, 0.15) is 0 Å². The van der Waals surface area contributed by atoms with Crippen molar-refractivity contribution in [3.63, 3.8) is 0 Å². The number of halogens is 1. The molecule has 2 unspecified atom stereocenters. The van der Waals surface area contributed by atoms with Gasteiger partial charge in [-0.05, 0) is 25.2 Å². The van der Waals surface area contributed by atoms with E-state index in [0.29, 0.717) is 12.0 Å². The summed E-state index contributed by atoms with van der Waals surface area (Å²) in [5.41, 5.74) is 0. The molecule has 0 aliphatic carbocycles. The van der Waals surface area contributed by atoms with Gasteiger partial charge in [0.25, 0.3) is 0 Å². The van der Waals surface area contributed by atoms with Crippen LogP contribution in [0.5, 0.6) is 0 Å². The second-order valence-electron chi connectivity index (χ2n) is 2.87. The Morgan fingerprint density at radius 1 is 1.70 bits per heavy atom. The fourth-order valence-corrected chi connectivity index (χ4v) is 1.86. The lowest BCUT2D eigenvalue weighted by atomic mass is 10.00. The Labute approximate surface area is 67.7 Å². The summed E-state index contributed by atoms with van der Waals surface area (Å²) >= 11 is 5.77. The monoisotopic (exact) mass is 162 g/mol. The van der Waals surface area contributed by atoms with Crippen LogP contribution in [0.25, 0.3) is 0 Å². The predicted molar refractivity (Wildman–Crippen MR) is 43.5 cm³/mol. The smallest absolute Gasteiger partial charge is 0.0615 e. The second kappa shape index (κ2) is 4.20. The largest absolute Gasteiger partial charge is 0.378 e. The molecule has 2 heteroatoms. The first-order valence-corrected chi connectivity index (χ1v) is 4.59. The summed E-state index contributed by atoms with van der Waals surface area (Å²) in [6, 6.07) is 0. The highest BCUT2D eigenvalue weighted by atomic mass is 35.5. The molecular weight excluding hydrogens is 148 g/mol. The molecule has 0 aromatic heterocycles. The second-order valence-corrected chi connectivity index (χ2v) is 3.18. The minimum atomic E-state index is 0.461. The lowest BCUT2D eigenvalue weighted by Gasteiger charge is -2.17. The Morgan fingerprint density at radius 2 is 2.50 bits per heavy atom. The van der Waals surface area contributed by atoms with Gasteiger partial charge < -0.3 is 4.74 Å². The molecule has 1 aliphatic rings. The quantitative estimate of drug-likeness (QED) is 0.580. The van der Waals surface area contributed by atoms with E-state index in [1.807, 2.05) is 0 Å². The molecule has 0 amide bonds. The third-order valence-electron chi connectivity index (χ3n) is 2.21. The van der Waals surface area contributed by atoms with Crippen molar-refractivity contribution < 1.29 is 4.74 Å². The van der Waals surface area contributed by atoms with Crippen LogP contribution in [-0.4, -0.2) is 18.6 Å². The van der Waals surface area contributed by atoms with Crippen LogP contribution in [0.4, 0.5) is 0 Å². The van der Waals surface area contributed by atoms with Gasteiger partial charge in [-0.2, -0.15) is 0 Å². The van der Waals surface area contributed by atoms with E-state index >= 15 is 0 Å². The van der Waals surface area contributed by atoms with Gasteiger partial charge in [0.2, 0.25) is 0 Å². The Kier molecular flexibility index (Phi) is 3.50. The summed E-state index contributed by atoms with van der Waals surface area (Å²) in [7, 11) is 0. The van der Waals surface area contributed by atoms with Crippen LogP contribution in [0, 0.1) is 5.92 Å². The standard InChI is InChI=1S/C8H15ClO/c1-2-7(6-9)8-4-3-5-10-8/h7-8H,2-6H2,1H3. The number of ether oxygens (including phenoxy) is 1. The molecule has 0 saturated carbocycles. The molecule has 0 bridgehead atoms. The first-order valence-electron chi connectivity index (χ1n) is 4.06. The summed E-state index contributed by atoms with van der Waals surface area (Å²) in [6.45, 7) is 3.12. The summed E-state index contributed by atoms with van der Waals surface area (Å²) in [4.78, 5) is 0. The molecule has 1 aliphatic heterocycles. The van der Waals surface area contributed by atoms with Crippen molar-refractivity contribution >= 4 is 11.6 Å². The molecule has 60 valence electrons. The maximum absolute atomic E-state index is 5.77. The highest BCUT2D eigenvalue weighted by Gasteiger charge is 2.23. The lowest BCUT2D eigenvalue weighted by Crippen LogP contribution is -2.20. The van der Waals surface area contributed by atoms with Gasteiger partial charge in [-0.15, -0.1) is 11.6 Å². The highest BCUT2D eigenvalue weighted by molar-refractivity contribution is 6.18. The van der Waals surface area contributed by atoms with Gasteiger partial charge in [0.05, 0.1) is 6.10 Å². The van der Waals surface area contributed by atoms with Crippen LogP contribution in [0.1, 0.15) is 26.2 Å². The first-order chi connectivity index (χ1) is 4.88. The zero-order valence-electron chi connectivity index (χ0n) is 6.48. The van der Waals surface area contributed by atoms with Crippen molar-refractivity contribution in [1.82, 2.24) is 0 Å². The van der Waals surface area contributed by atoms with E-state index in [1.165, 1.54) is 12.8 Å². The molecule has 0 N–H and O–H groups in total. The molecule has 0 aromatic carbocycles. The van der Waals surface area contributed by atoms with Gasteiger partial charge in [-0.3, -0.25) is 0 Å². The van der Waals surface area contributed by atoms with E-state index in [4.69, 9.17) is 16.3 Å². The van der Waals surface area contributed by atoms with E-state index in [0.717, 1.165) is 18.9 Å². The molecule has 0 spiro atoms. The first kappa shape index (κ1) is 8.35. The van der Waals surface area contributed by atoms with E-state index in [1.54, 1.807) is 0 Å². The Balaban J connectivity index is 2.29. The molecule has 1 heterocycles. The lowest BCUT2D eigenvalue weighted by molar-refractivity contribution is 0.0694. The fraction of sp³-hybridized carbons (Fsp3) is 1.00. The molecule has 10 heavy (non-hydrogen) atoms. The van der Waals surface area contributed by atoms with E-state index in [-0.39, 0.29) is 0 Å². The third kappa shape index (κ3) is 1.86. The van der Waals surface area contributed by atoms with E-state index in [9.17, 15) is 0 Å². The molecule has 0 aromatic rings. The topological polar surface area (TPSA) is 9.23 Å². The summed E-state index contributed by atoms with van der Waals surface area (Å²) in [5.74, 6) is 1.34. The molecule has 2 atom stereocenters. The number of hydrogen-bond acceptors (Lipinski definition) is 1. The van der Waals surface area contributed by atoms with Gasteiger partial charge in [0, 0.05) is 12.5 Å². The average Bonchev–Trinajstić information content (AvgIpc) is 2.43. The van der Waals surface area contributed by atoms with Gasteiger partial charge in [0.15, 0.2) is 0 Å². The molecule has 1 nitrogen and oxygen atoms in total. The molecule has 1 rings (SSSR count). The maximum Gasteiger partial charge on any atom is 0.0615 e. The average molecular weight is 163 g/mol. The Bertz CT molecular complexity index is 85.3. The fourth-order valence-electron chi connectivity index (χ4n) is 1.45. The van der Waals surface area contributed by atoms with Crippen LogP contribution in [0.2, 0.25) is 0 Å². The molecular formula is C8H15ClO. The zero-order chi connectivity index (χ0) is 7.40. The minimum Gasteiger partial charge on any atom is -0.378 e. The highest BCUT2D eigenvalue weighted by Crippen LogP contribution is 2.23. The van der Waals surface area contributed by atoms with Crippen LogP contribution >= 0.6 is 11.6 Å². The summed E-state index contributed by atoms with van der Waals surface area (Å²) in [5, 5.41) is 0. The summed E-state index contributed by atoms with van der Waals surface area (Å²) in [6.07, 6.45) is 4.04. The van der Waals surface area contributed by atoms with Crippen LogP contribution in [-0.2, 0) is 4.74 Å². The zero-order valence-corrected chi connectivity index (χ0v) is 7.23. The van der Waals surface area contributed by atoms with Crippen molar-refractivity contribution in [2.45, 2.75) is 32.3 Å². The van der Waals surface area contributed by atoms with Crippen molar-refractivity contribution in [1.29, 1.82) is 0 Å². The van der Waals surface area contributed by atoms with Gasteiger partial charge in [-0.1, -0.05) is 6.92 Å². The van der Waals surface area contributed by atoms with Crippen molar-refractivity contribution in [3.8, 4) is 0 Å². The number of hydrogen-bond donors (Lipinski definition) is 0. The van der Waals surface area contributed by atoms with Crippen molar-refractivity contribution in [3.05, 3.63) is 0 Å². The Morgan fingerprint density at radius 3 is 2.90 bits per heavy atom. The normalized spacial score (nSPS) is 28.8. The number of alkyl halides is 1. The van der Waals surface area contributed by atoms with Gasteiger partial charge in [-0.25, -0.2) is 0 Å². The SMILES string of the molecule is CCC(CCl)C1CCCO1. The van der Waals surface area contributed by atoms with Crippen LogP contribution < -0.4 is 0 Å². The molecule has 0 radical (unpaired) electrons. The van der Waals surface area contributed by atoms with Crippen molar-refractivity contribution in [2.75, 3.05) is 12.5 Å². The number of rotatable bonds is 3. The summed E-state index contributed by atoms with van der Waals surface area (Å²) < 4.78 is 5.51. The van der Waals surface area contributed by atoms with Crippen LogP contribution in [0.15, 0.2) is 0 Å². The van der Waals surface area contributed by atoms with Gasteiger partial charge >= 0.3 is 0 Å². The third-order valence-corrected chi connectivity index (χ3v) is 2.61. The van der Waals surface area contributed by atoms with Crippen molar-refractivity contribution in [2.24, 2.45) is 5.92 Å². The van der Waals surface area contributed by atoms with E-state index in [2.05, 4.69) is 6.92 Å². The molecule has 1 fully saturated rings. The maximum atomic E-state index is 5.77. The Hall–Kier alpha value is 0.250. The van der Waals surface area contributed by atoms with E-state index < -0.39 is 0 Å².